The Kier molecular flexibility index (Phi) is 7.07. The first-order chi connectivity index (χ1) is 16.9. The average molecular weight is 529 g/mol. The molecule has 1 aromatic heterocycles. The number of amides is 1. The van der Waals surface area contributed by atoms with Gasteiger partial charge in [0, 0.05) is 36.7 Å². The third-order valence-corrected chi connectivity index (χ3v) is 8.03. The van der Waals surface area contributed by atoms with Crippen LogP contribution in [0, 0.1) is 0 Å². The molecule has 10 heteroatoms. The standard InChI is InChI=1S/C25H26Cl2N6OS/c1-31(2)17-10-12-32(13-11-17)18-8-6-16(7-9-18)29-25-28-14-19-23(30-25)35-15-33(24(19)34)22-20(26)4-3-5-21(22)27/h3-9,14,17H,10-13,15H2,1-2H3,(H,28,29,30). The number of fused-ring (bicyclic) bond motifs is 1. The van der Waals surface area contributed by atoms with E-state index in [9.17, 15) is 4.79 Å². The summed E-state index contributed by atoms with van der Waals surface area (Å²) in [6, 6.07) is 14.2. The number of hydrogen-bond acceptors (Lipinski definition) is 7. The summed E-state index contributed by atoms with van der Waals surface area (Å²) in [5.41, 5.74) is 3.05. The van der Waals surface area contributed by atoms with Crippen molar-refractivity contribution in [3.63, 3.8) is 0 Å². The highest BCUT2D eigenvalue weighted by Crippen LogP contribution is 2.39. The number of hydrogen-bond donors (Lipinski definition) is 1. The van der Waals surface area contributed by atoms with Gasteiger partial charge in [0.1, 0.15) is 5.03 Å². The molecule has 2 aliphatic rings. The van der Waals surface area contributed by atoms with Gasteiger partial charge < -0.3 is 15.1 Å². The Morgan fingerprint density at radius 3 is 2.40 bits per heavy atom. The molecule has 35 heavy (non-hydrogen) atoms. The van der Waals surface area contributed by atoms with Crippen molar-refractivity contribution in [2.75, 3.05) is 48.2 Å². The fourth-order valence-corrected chi connectivity index (χ4v) is 6.00. The molecular weight excluding hydrogens is 503 g/mol. The minimum atomic E-state index is -0.220. The van der Waals surface area contributed by atoms with E-state index in [0.29, 0.717) is 44.2 Å². The zero-order valence-electron chi connectivity index (χ0n) is 19.5. The molecule has 1 saturated heterocycles. The summed E-state index contributed by atoms with van der Waals surface area (Å²) in [6.45, 7) is 2.12. The lowest BCUT2D eigenvalue weighted by atomic mass is 10.0. The van der Waals surface area contributed by atoms with Crippen molar-refractivity contribution in [3.8, 4) is 0 Å². The van der Waals surface area contributed by atoms with Crippen molar-refractivity contribution < 1.29 is 4.79 Å². The second-order valence-electron chi connectivity index (χ2n) is 8.84. The van der Waals surface area contributed by atoms with Gasteiger partial charge in [-0.2, -0.15) is 0 Å². The highest BCUT2D eigenvalue weighted by Gasteiger charge is 2.30. The number of nitrogens with one attached hydrogen (secondary N) is 1. The predicted molar refractivity (Wildman–Crippen MR) is 145 cm³/mol. The Balaban J connectivity index is 1.26. The first-order valence-corrected chi connectivity index (χ1v) is 13.2. The average Bonchev–Trinajstić information content (AvgIpc) is 2.86. The maximum Gasteiger partial charge on any atom is 0.263 e. The summed E-state index contributed by atoms with van der Waals surface area (Å²) in [5.74, 6) is 0.598. The van der Waals surface area contributed by atoms with Crippen LogP contribution in [-0.2, 0) is 0 Å². The summed E-state index contributed by atoms with van der Waals surface area (Å²) < 4.78 is 0. The van der Waals surface area contributed by atoms with Crippen molar-refractivity contribution in [1.29, 1.82) is 0 Å². The number of nitrogens with zero attached hydrogens (tertiary/aromatic N) is 5. The topological polar surface area (TPSA) is 64.6 Å². The number of carbonyl (C=O) groups is 1. The number of halogens is 2. The minimum Gasteiger partial charge on any atom is -0.371 e. The van der Waals surface area contributed by atoms with E-state index >= 15 is 0 Å². The molecule has 2 aliphatic heterocycles. The second kappa shape index (κ2) is 10.2. The molecule has 3 aromatic rings. The number of carbonyl (C=O) groups excluding carboxylic acids is 1. The highest BCUT2D eigenvalue weighted by molar-refractivity contribution is 7.99. The van der Waals surface area contributed by atoms with E-state index in [-0.39, 0.29) is 5.91 Å². The molecule has 0 spiro atoms. The van der Waals surface area contributed by atoms with Crippen LogP contribution in [0.1, 0.15) is 23.2 Å². The molecule has 0 atom stereocenters. The highest BCUT2D eigenvalue weighted by atomic mass is 35.5. The fourth-order valence-electron chi connectivity index (χ4n) is 4.45. The lowest BCUT2D eigenvalue weighted by Crippen LogP contribution is -2.41. The molecule has 1 N–H and O–H groups in total. The van der Waals surface area contributed by atoms with E-state index in [1.165, 1.54) is 30.3 Å². The van der Waals surface area contributed by atoms with Crippen LogP contribution in [0.4, 0.5) is 23.0 Å². The first kappa shape index (κ1) is 24.2. The van der Waals surface area contributed by atoms with Gasteiger partial charge in [-0.3, -0.25) is 9.69 Å². The van der Waals surface area contributed by atoms with Gasteiger partial charge in [0.2, 0.25) is 5.95 Å². The van der Waals surface area contributed by atoms with E-state index in [0.717, 1.165) is 18.8 Å². The van der Waals surface area contributed by atoms with Crippen molar-refractivity contribution in [2.24, 2.45) is 0 Å². The molecule has 7 nitrogen and oxygen atoms in total. The smallest absolute Gasteiger partial charge is 0.263 e. The van der Waals surface area contributed by atoms with Gasteiger partial charge in [-0.25, -0.2) is 9.97 Å². The third-order valence-electron chi connectivity index (χ3n) is 6.45. The molecule has 2 aromatic carbocycles. The molecule has 3 heterocycles. The van der Waals surface area contributed by atoms with Gasteiger partial charge in [-0.05, 0) is 63.3 Å². The normalized spacial score (nSPS) is 16.5. The SMILES string of the molecule is CN(C)C1CCN(c2ccc(Nc3ncc4c(n3)SCN(c3c(Cl)cccc3Cl)C4=O)cc2)CC1. The zero-order valence-corrected chi connectivity index (χ0v) is 21.9. The van der Waals surface area contributed by atoms with E-state index in [1.54, 1.807) is 29.3 Å². The number of benzene rings is 2. The Hall–Kier alpha value is -2.52. The lowest BCUT2D eigenvalue weighted by Gasteiger charge is -2.36. The van der Waals surface area contributed by atoms with E-state index in [1.807, 2.05) is 12.1 Å². The lowest BCUT2D eigenvalue weighted by molar-refractivity contribution is 0.0985. The maximum atomic E-state index is 13.1. The number of anilines is 4. The minimum absolute atomic E-state index is 0.220. The van der Waals surface area contributed by atoms with Crippen LogP contribution < -0.4 is 15.1 Å². The number of piperidine rings is 1. The molecular formula is C25H26Cl2N6OS. The molecule has 0 radical (unpaired) electrons. The number of rotatable bonds is 5. The van der Waals surface area contributed by atoms with E-state index in [4.69, 9.17) is 23.2 Å². The van der Waals surface area contributed by atoms with Crippen LogP contribution in [0.5, 0.6) is 0 Å². The van der Waals surface area contributed by atoms with Crippen LogP contribution in [0.2, 0.25) is 10.0 Å². The zero-order chi connectivity index (χ0) is 24.5. The second-order valence-corrected chi connectivity index (χ2v) is 10.6. The largest absolute Gasteiger partial charge is 0.371 e. The third kappa shape index (κ3) is 5.07. The number of thioether (sulfide) groups is 1. The fraction of sp³-hybridized carbons (Fsp3) is 0.320. The quantitative estimate of drug-likeness (QED) is 0.421. The molecule has 0 bridgehead atoms. The van der Waals surface area contributed by atoms with Crippen molar-refractivity contribution in [3.05, 3.63) is 64.3 Å². The van der Waals surface area contributed by atoms with Crippen molar-refractivity contribution in [2.45, 2.75) is 23.9 Å². The summed E-state index contributed by atoms with van der Waals surface area (Å²) >= 11 is 14.1. The summed E-state index contributed by atoms with van der Waals surface area (Å²) in [5, 5.41) is 4.75. The van der Waals surface area contributed by atoms with Gasteiger partial charge in [0.05, 0.1) is 27.2 Å². The summed E-state index contributed by atoms with van der Waals surface area (Å²) in [7, 11) is 4.31. The van der Waals surface area contributed by atoms with Crippen LogP contribution in [-0.4, -0.2) is 59.9 Å². The molecule has 1 fully saturated rings. The maximum absolute atomic E-state index is 13.1. The monoisotopic (exact) mass is 528 g/mol. The molecule has 5 rings (SSSR count). The Bertz CT molecular complexity index is 1210. The van der Waals surface area contributed by atoms with E-state index in [2.05, 4.69) is 51.3 Å². The van der Waals surface area contributed by atoms with E-state index < -0.39 is 0 Å². The molecule has 0 unspecified atom stereocenters. The van der Waals surface area contributed by atoms with Gasteiger partial charge >= 0.3 is 0 Å². The van der Waals surface area contributed by atoms with Crippen LogP contribution in [0.25, 0.3) is 0 Å². The van der Waals surface area contributed by atoms with Gasteiger partial charge in [-0.1, -0.05) is 41.0 Å². The van der Waals surface area contributed by atoms with Gasteiger partial charge in [0.25, 0.3) is 5.91 Å². The molecule has 0 aliphatic carbocycles. The van der Waals surface area contributed by atoms with Crippen LogP contribution in [0.3, 0.4) is 0 Å². The molecule has 0 saturated carbocycles. The Morgan fingerprint density at radius 2 is 1.74 bits per heavy atom. The van der Waals surface area contributed by atoms with Gasteiger partial charge in [-0.15, -0.1) is 0 Å². The number of aromatic nitrogens is 2. The van der Waals surface area contributed by atoms with Crippen molar-refractivity contribution in [1.82, 2.24) is 14.9 Å². The predicted octanol–water partition coefficient (Wildman–Crippen LogP) is 5.77. The summed E-state index contributed by atoms with van der Waals surface area (Å²) in [4.78, 5) is 28.4. The van der Waals surface area contributed by atoms with Crippen molar-refractivity contribution >= 4 is 63.9 Å². The van der Waals surface area contributed by atoms with Crippen LogP contribution >= 0.6 is 35.0 Å². The molecule has 182 valence electrons. The summed E-state index contributed by atoms with van der Waals surface area (Å²) in [6.07, 6.45) is 3.90. The Labute approximate surface area is 219 Å². The van der Waals surface area contributed by atoms with Crippen LogP contribution in [0.15, 0.2) is 53.7 Å². The molecule has 1 amide bonds. The Morgan fingerprint density at radius 1 is 1.06 bits per heavy atom. The first-order valence-electron chi connectivity index (χ1n) is 11.4. The van der Waals surface area contributed by atoms with Gasteiger partial charge in [0.15, 0.2) is 0 Å². The number of para-hydroxylation sites is 1.